The molecule has 0 spiro atoms. The summed E-state index contributed by atoms with van der Waals surface area (Å²) >= 11 is 0. The van der Waals surface area contributed by atoms with Gasteiger partial charge in [-0.25, -0.2) is 21.9 Å². The number of carbonyl (C=O) groups excluding carboxylic acids is 2. The summed E-state index contributed by atoms with van der Waals surface area (Å²) in [7, 11) is -7.72. The van der Waals surface area contributed by atoms with Crippen LogP contribution in [-0.2, 0) is 24.8 Å². The van der Waals surface area contributed by atoms with Crippen molar-refractivity contribution in [1.82, 2.24) is 4.31 Å². The van der Waals surface area contributed by atoms with Gasteiger partial charge in [0.25, 0.3) is 21.8 Å². The van der Waals surface area contributed by atoms with Gasteiger partial charge < -0.3 is 0 Å². The zero-order valence-electron chi connectivity index (χ0n) is 17.3. The minimum absolute atomic E-state index is 0.00781. The van der Waals surface area contributed by atoms with E-state index in [0.717, 1.165) is 5.56 Å². The van der Waals surface area contributed by atoms with E-state index < -0.39 is 38.4 Å². The van der Waals surface area contributed by atoms with Gasteiger partial charge in [-0.3, -0.25) is 18.9 Å². The Morgan fingerprint density at radius 1 is 1.06 bits per heavy atom. The third kappa shape index (κ3) is 4.51. The molecular weight excluding hydrogens is 466 g/mol. The first-order valence-electron chi connectivity index (χ1n) is 9.70. The Bertz CT molecular complexity index is 1460. The molecule has 2 aliphatic rings. The maximum absolute atomic E-state index is 12.7. The summed E-state index contributed by atoms with van der Waals surface area (Å²) in [6, 6.07) is 12.7. The number of allylic oxidation sites excluding steroid dienone is 4. The molecule has 1 unspecified atom stereocenters. The fourth-order valence-electron chi connectivity index (χ4n) is 3.23. The highest BCUT2D eigenvalue weighted by Gasteiger charge is 2.41. The van der Waals surface area contributed by atoms with Crippen LogP contribution in [-0.4, -0.2) is 50.4 Å². The molecule has 0 aromatic heterocycles. The summed E-state index contributed by atoms with van der Waals surface area (Å²) in [6.07, 6.45) is 5.39. The second kappa shape index (κ2) is 8.43. The van der Waals surface area contributed by atoms with E-state index in [9.17, 15) is 26.8 Å². The molecule has 2 amide bonds. The van der Waals surface area contributed by atoms with Crippen molar-refractivity contribution in [1.29, 1.82) is 0 Å². The van der Waals surface area contributed by atoms with Crippen molar-refractivity contribution in [3.05, 3.63) is 84.0 Å². The molecule has 4 rings (SSSR count). The van der Waals surface area contributed by atoms with Crippen LogP contribution >= 0.6 is 0 Å². The maximum atomic E-state index is 12.7. The molecule has 9 nitrogen and oxygen atoms in total. The minimum atomic E-state index is -4.12. The van der Waals surface area contributed by atoms with Crippen LogP contribution in [0, 0.1) is 6.92 Å². The summed E-state index contributed by atoms with van der Waals surface area (Å²) in [5.74, 6) is -1.64. The number of nitrogens with zero attached hydrogens (tertiary/aromatic N) is 2. The first-order chi connectivity index (χ1) is 15.6. The van der Waals surface area contributed by atoms with Gasteiger partial charge in [0.15, 0.2) is 9.99 Å². The predicted octanol–water partition coefficient (Wildman–Crippen LogP) is 2.19. The number of rotatable bonds is 4. The van der Waals surface area contributed by atoms with Gasteiger partial charge in [0.2, 0.25) is 0 Å². The fraction of sp³-hybridized carbons (Fsp3) is 0.0909. The number of benzene rings is 2. The van der Waals surface area contributed by atoms with Gasteiger partial charge in [-0.2, -0.15) is 0 Å². The van der Waals surface area contributed by atoms with Crippen LogP contribution in [0.25, 0.3) is 0 Å². The summed E-state index contributed by atoms with van der Waals surface area (Å²) in [5, 5.41) is 0. The molecule has 11 heteroatoms. The summed E-state index contributed by atoms with van der Waals surface area (Å²) < 4.78 is 51.2. The van der Waals surface area contributed by atoms with Crippen molar-refractivity contribution in [2.75, 3.05) is 11.3 Å². The lowest BCUT2D eigenvalue weighted by molar-refractivity contribution is -0.117. The van der Waals surface area contributed by atoms with Gasteiger partial charge in [-0.15, -0.1) is 0 Å². The van der Waals surface area contributed by atoms with Crippen molar-refractivity contribution in [3.8, 4) is 0 Å². The lowest BCUT2D eigenvalue weighted by atomic mass is 10.2. The number of sulfonamides is 1. The van der Waals surface area contributed by atoms with Crippen LogP contribution in [0.2, 0.25) is 0 Å². The summed E-state index contributed by atoms with van der Waals surface area (Å²) in [4.78, 5) is 28.5. The van der Waals surface area contributed by atoms with E-state index in [1.165, 1.54) is 48.6 Å². The van der Waals surface area contributed by atoms with Gasteiger partial charge in [0.1, 0.15) is 11.4 Å². The zero-order valence-corrected chi connectivity index (χ0v) is 19.0. The van der Waals surface area contributed by atoms with Crippen LogP contribution in [0.3, 0.4) is 0 Å². The van der Waals surface area contributed by atoms with Crippen LogP contribution in [0.1, 0.15) is 15.9 Å². The SMILES string of the molecule is Cc1ccc(NS(=O)(O)=C2C=CC(=NC(=O)CN3C(=O)c4ccccc4S3(=O)=O)C=C2)cc1. The quantitative estimate of drug-likeness (QED) is 0.638. The van der Waals surface area contributed by atoms with Crippen LogP contribution in [0.5, 0.6) is 0 Å². The Morgan fingerprint density at radius 2 is 1.70 bits per heavy atom. The smallest absolute Gasteiger partial charge is 0.269 e. The normalized spacial score (nSPS) is 18.1. The standard InChI is InChI=1S/C22H19N3O6S2/c1-15-6-8-17(9-7-15)24-32(28,29)18-12-10-16(11-13-18)23-21(26)14-25-22(27)19-4-2-3-5-20(19)33(25,30)31/h2-13H,14H2,1H3,(H2,24,28,29). The van der Waals surface area contributed by atoms with E-state index in [1.807, 2.05) is 6.92 Å². The van der Waals surface area contributed by atoms with E-state index in [0.29, 0.717) is 9.99 Å². The molecule has 0 saturated carbocycles. The van der Waals surface area contributed by atoms with Crippen molar-refractivity contribution in [2.45, 2.75) is 11.8 Å². The number of nitrogens with one attached hydrogen (secondary N) is 1. The number of hydrogen-bond acceptors (Lipinski definition) is 5. The lowest BCUT2D eigenvalue weighted by Crippen LogP contribution is -2.34. The zero-order chi connectivity index (χ0) is 23.8. The molecule has 1 aliphatic carbocycles. The first-order valence-corrected chi connectivity index (χ1v) is 12.7. The second-order valence-corrected chi connectivity index (χ2v) is 10.9. The molecule has 1 heterocycles. The number of aliphatic imine (C=N–C) groups is 1. The maximum Gasteiger partial charge on any atom is 0.269 e. The Labute approximate surface area is 191 Å². The van der Waals surface area contributed by atoms with E-state index in [-0.39, 0.29) is 21.0 Å². The van der Waals surface area contributed by atoms with E-state index in [1.54, 1.807) is 24.3 Å². The van der Waals surface area contributed by atoms with Gasteiger partial charge in [-0.05, 0) is 55.5 Å². The van der Waals surface area contributed by atoms with Gasteiger partial charge in [-0.1, -0.05) is 29.8 Å². The van der Waals surface area contributed by atoms with Crippen molar-refractivity contribution in [2.24, 2.45) is 4.99 Å². The second-order valence-electron chi connectivity index (χ2n) is 7.31. The average Bonchev–Trinajstić information content (AvgIpc) is 2.96. The predicted molar refractivity (Wildman–Crippen MR) is 126 cm³/mol. The van der Waals surface area contributed by atoms with Crippen molar-refractivity contribution >= 4 is 48.1 Å². The fourth-order valence-corrected chi connectivity index (χ4v) is 5.83. The molecular formula is C22H19N3O6S2. The van der Waals surface area contributed by atoms with Crippen molar-refractivity contribution in [3.63, 3.8) is 0 Å². The molecule has 0 saturated heterocycles. The Hall–Kier alpha value is -3.54. The number of fused-ring (bicyclic) bond motifs is 1. The molecule has 0 fully saturated rings. The molecule has 2 aromatic carbocycles. The topological polar surface area (TPSA) is 133 Å². The number of hydrogen-bond donors (Lipinski definition) is 2. The third-order valence-corrected chi connectivity index (χ3v) is 8.12. The monoisotopic (exact) mass is 485 g/mol. The molecule has 0 bridgehead atoms. The van der Waals surface area contributed by atoms with Gasteiger partial charge in [0.05, 0.1) is 16.1 Å². The van der Waals surface area contributed by atoms with E-state index >= 15 is 0 Å². The third-order valence-electron chi connectivity index (χ3n) is 4.91. The molecule has 33 heavy (non-hydrogen) atoms. The van der Waals surface area contributed by atoms with E-state index in [2.05, 4.69) is 9.71 Å². The number of carbonyl (C=O) groups is 2. The highest BCUT2D eigenvalue weighted by Crippen LogP contribution is 2.29. The molecule has 1 atom stereocenters. The molecule has 1 aliphatic heterocycles. The lowest BCUT2D eigenvalue weighted by Gasteiger charge is -2.13. The summed E-state index contributed by atoms with van der Waals surface area (Å²) in [5.41, 5.74) is 1.63. The Kier molecular flexibility index (Phi) is 5.78. The molecule has 2 aromatic rings. The average molecular weight is 486 g/mol. The number of anilines is 1. The largest absolute Gasteiger partial charge is 0.298 e. The van der Waals surface area contributed by atoms with E-state index in [4.69, 9.17) is 0 Å². The Morgan fingerprint density at radius 3 is 2.33 bits per heavy atom. The van der Waals surface area contributed by atoms with Crippen LogP contribution < -0.4 is 4.72 Å². The van der Waals surface area contributed by atoms with Gasteiger partial charge >= 0.3 is 0 Å². The molecule has 2 N–H and O–H groups in total. The highest BCUT2D eigenvalue weighted by atomic mass is 32.2. The molecule has 170 valence electrons. The van der Waals surface area contributed by atoms with Gasteiger partial charge in [0, 0.05) is 5.69 Å². The minimum Gasteiger partial charge on any atom is -0.298 e. The highest BCUT2D eigenvalue weighted by molar-refractivity contribution is 7.99. The van der Waals surface area contributed by atoms with Crippen LogP contribution in [0.4, 0.5) is 5.69 Å². The summed E-state index contributed by atoms with van der Waals surface area (Å²) in [6.45, 7) is 1.15. The first kappa shape index (κ1) is 22.6. The number of aryl methyl sites for hydroxylation is 1. The van der Waals surface area contributed by atoms with Crippen molar-refractivity contribution < 1.29 is 26.8 Å². The Balaban J connectivity index is 1.49. The molecule has 0 radical (unpaired) electrons. The number of amides is 2. The van der Waals surface area contributed by atoms with Crippen LogP contribution in [0.15, 0.2) is 82.7 Å².